The molecule has 0 unspecified atom stereocenters. The maximum absolute atomic E-state index is 12.9. The van der Waals surface area contributed by atoms with Gasteiger partial charge in [-0.25, -0.2) is 0 Å². The van der Waals surface area contributed by atoms with E-state index in [-0.39, 0.29) is 13.0 Å². The van der Waals surface area contributed by atoms with Crippen LogP contribution in [0.5, 0.6) is 0 Å². The van der Waals surface area contributed by atoms with Gasteiger partial charge in [-0.2, -0.15) is 13.2 Å². The highest BCUT2D eigenvalue weighted by molar-refractivity contribution is 5.97. The average Bonchev–Trinajstić information content (AvgIpc) is 2.78. The van der Waals surface area contributed by atoms with E-state index in [1.54, 1.807) is 30.3 Å². The molecule has 0 aliphatic rings. The van der Waals surface area contributed by atoms with Gasteiger partial charge in [0.1, 0.15) is 6.04 Å². The zero-order chi connectivity index (χ0) is 22.3. The van der Waals surface area contributed by atoms with Gasteiger partial charge in [-0.3, -0.25) is 9.59 Å². The van der Waals surface area contributed by atoms with E-state index < -0.39 is 29.6 Å². The number of halogens is 3. The number of nitrogens with one attached hydrogen (secondary N) is 2. The van der Waals surface area contributed by atoms with Crippen LogP contribution in [0, 0.1) is 0 Å². The number of hydrogen-bond donors (Lipinski definition) is 2. The van der Waals surface area contributed by atoms with Gasteiger partial charge in [-0.15, -0.1) is 0 Å². The van der Waals surface area contributed by atoms with E-state index in [4.69, 9.17) is 0 Å². The molecule has 0 bridgehead atoms. The van der Waals surface area contributed by atoms with E-state index in [0.29, 0.717) is 11.1 Å². The lowest BCUT2D eigenvalue weighted by Gasteiger charge is -2.19. The molecule has 0 saturated heterocycles. The summed E-state index contributed by atoms with van der Waals surface area (Å²) in [5, 5.41) is 5.36. The van der Waals surface area contributed by atoms with Crippen LogP contribution in [-0.4, -0.2) is 17.9 Å². The van der Waals surface area contributed by atoms with E-state index in [2.05, 4.69) is 10.6 Å². The van der Waals surface area contributed by atoms with Crippen molar-refractivity contribution in [2.45, 2.75) is 25.2 Å². The highest BCUT2D eigenvalue weighted by Crippen LogP contribution is 2.29. The molecule has 0 aliphatic heterocycles. The Labute approximate surface area is 178 Å². The fourth-order valence-electron chi connectivity index (χ4n) is 3.06. The largest absolute Gasteiger partial charge is 0.416 e. The predicted molar refractivity (Wildman–Crippen MR) is 111 cm³/mol. The monoisotopic (exact) mass is 426 g/mol. The Morgan fingerprint density at radius 2 is 1.42 bits per heavy atom. The average molecular weight is 426 g/mol. The van der Waals surface area contributed by atoms with Crippen molar-refractivity contribution < 1.29 is 22.8 Å². The molecule has 0 heterocycles. The number of alkyl halides is 3. The molecule has 2 N–H and O–H groups in total. The van der Waals surface area contributed by atoms with E-state index in [0.717, 1.165) is 17.7 Å². The molecule has 0 fully saturated rings. The summed E-state index contributed by atoms with van der Waals surface area (Å²) in [5.74, 6) is -0.888. The minimum atomic E-state index is -4.46. The smallest absolute Gasteiger partial charge is 0.350 e. The molecule has 0 radical (unpaired) electrons. The molecule has 31 heavy (non-hydrogen) atoms. The number of carbonyl (C=O) groups excluding carboxylic acids is 2. The molecule has 2 amide bonds. The Hall–Kier alpha value is -3.61. The molecular weight excluding hydrogens is 405 g/mol. The summed E-state index contributed by atoms with van der Waals surface area (Å²) < 4.78 is 38.7. The lowest BCUT2D eigenvalue weighted by Crippen LogP contribution is -2.47. The number of rotatable bonds is 7. The second-order valence-corrected chi connectivity index (χ2v) is 7.00. The standard InChI is InChI=1S/C24H21F3N2O2/c25-24(26,27)20-13-7-10-18(14-20)16-28-23(31)21(15-17-8-3-1-4-9-17)29-22(30)19-11-5-2-6-12-19/h1-14,21H,15-16H2,(H,28,31)(H,29,30)/t21-/m0/s1. The molecule has 0 aromatic heterocycles. The Balaban J connectivity index is 1.72. The summed E-state index contributed by atoms with van der Waals surface area (Å²) in [6.45, 7) is -0.0880. The fourth-order valence-corrected chi connectivity index (χ4v) is 3.06. The summed E-state index contributed by atoms with van der Waals surface area (Å²) in [5.41, 5.74) is 0.787. The van der Waals surface area contributed by atoms with Crippen molar-refractivity contribution >= 4 is 11.8 Å². The zero-order valence-corrected chi connectivity index (χ0v) is 16.5. The van der Waals surface area contributed by atoms with E-state index >= 15 is 0 Å². The highest BCUT2D eigenvalue weighted by Gasteiger charge is 2.30. The summed E-state index contributed by atoms with van der Waals surface area (Å²) in [6, 6.07) is 21.5. The Morgan fingerprint density at radius 3 is 2.06 bits per heavy atom. The van der Waals surface area contributed by atoms with Gasteiger partial charge in [0.05, 0.1) is 5.56 Å². The SMILES string of the molecule is O=C(N[C@@H](Cc1ccccc1)C(=O)NCc1cccc(C(F)(F)F)c1)c1ccccc1. The van der Waals surface area contributed by atoms with E-state index in [9.17, 15) is 22.8 Å². The maximum Gasteiger partial charge on any atom is 0.416 e. The minimum absolute atomic E-state index is 0.0880. The quantitative estimate of drug-likeness (QED) is 0.590. The van der Waals surface area contributed by atoms with Gasteiger partial charge in [0.15, 0.2) is 0 Å². The third-order valence-corrected chi connectivity index (χ3v) is 4.66. The first kappa shape index (κ1) is 22.1. The predicted octanol–water partition coefficient (Wildman–Crippen LogP) is 4.36. The summed E-state index contributed by atoms with van der Waals surface area (Å²) in [6.07, 6.45) is -4.21. The van der Waals surface area contributed by atoms with E-state index in [1.807, 2.05) is 30.3 Å². The Bertz CT molecular complexity index is 1020. The van der Waals surface area contributed by atoms with Crippen LogP contribution in [0.15, 0.2) is 84.9 Å². The van der Waals surface area contributed by atoms with Crippen molar-refractivity contribution in [1.82, 2.24) is 10.6 Å². The number of benzene rings is 3. The second kappa shape index (κ2) is 9.93. The lowest BCUT2D eigenvalue weighted by atomic mass is 10.0. The summed E-state index contributed by atoms with van der Waals surface area (Å²) in [7, 11) is 0. The molecule has 0 spiro atoms. The Morgan fingerprint density at radius 1 is 0.806 bits per heavy atom. The lowest BCUT2D eigenvalue weighted by molar-refractivity contribution is -0.137. The van der Waals surface area contributed by atoms with Crippen molar-refractivity contribution in [3.05, 3.63) is 107 Å². The van der Waals surface area contributed by atoms with Crippen LogP contribution in [0.4, 0.5) is 13.2 Å². The van der Waals surface area contributed by atoms with Gasteiger partial charge in [-0.1, -0.05) is 60.7 Å². The molecular formula is C24H21F3N2O2. The van der Waals surface area contributed by atoms with Gasteiger partial charge in [0.25, 0.3) is 5.91 Å². The molecule has 3 rings (SSSR count). The third-order valence-electron chi connectivity index (χ3n) is 4.66. The van der Waals surface area contributed by atoms with Gasteiger partial charge in [0.2, 0.25) is 5.91 Å². The van der Waals surface area contributed by atoms with Crippen LogP contribution in [0.2, 0.25) is 0 Å². The molecule has 3 aromatic carbocycles. The zero-order valence-electron chi connectivity index (χ0n) is 16.5. The number of hydrogen-bond acceptors (Lipinski definition) is 2. The maximum atomic E-state index is 12.9. The Kier molecular flexibility index (Phi) is 7.07. The van der Waals surface area contributed by atoms with Crippen LogP contribution in [0.25, 0.3) is 0 Å². The van der Waals surface area contributed by atoms with Crippen molar-refractivity contribution in [2.75, 3.05) is 0 Å². The molecule has 1 atom stereocenters. The van der Waals surface area contributed by atoms with Crippen molar-refractivity contribution in [2.24, 2.45) is 0 Å². The van der Waals surface area contributed by atoms with Gasteiger partial charge < -0.3 is 10.6 Å². The van der Waals surface area contributed by atoms with Gasteiger partial charge in [-0.05, 0) is 35.4 Å². The van der Waals surface area contributed by atoms with Crippen LogP contribution >= 0.6 is 0 Å². The van der Waals surface area contributed by atoms with E-state index in [1.165, 1.54) is 12.1 Å². The normalized spacial score (nSPS) is 12.1. The molecule has 7 heteroatoms. The number of amides is 2. The van der Waals surface area contributed by atoms with Gasteiger partial charge in [0, 0.05) is 18.5 Å². The summed E-state index contributed by atoms with van der Waals surface area (Å²) in [4.78, 5) is 25.4. The van der Waals surface area contributed by atoms with Crippen molar-refractivity contribution in [3.8, 4) is 0 Å². The molecule has 3 aromatic rings. The van der Waals surface area contributed by atoms with Crippen molar-refractivity contribution in [1.29, 1.82) is 0 Å². The molecule has 0 aliphatic carbocycles. The van der Waals surface area contributed by atoms with Crippen LogP contribution in [0.3, 0.4) is 0 Å². The highest BCUT2D eigenvalue weighted by atomic mass is 19.4. The molecule has 160 valence electrons. The molecule has 4 nitrogen and oxygen atoms in total. The first-order valence-corrected chi connectivity index (χ1v) is 9.66. The summed E-state index contributed by atoms with van der Waals surface area (Å²) >= 11 is 0. The minimum Gasteiger partial charge on any atom is -0.350 e. The third kappa shape index (κ3) is 6.44. The number of carbonyl (C=O) groups is 2. The van der Waals surface area contributed by atoms with Crippen LogP contribution in [0.1, 0.15) is 27.0 Å². The second-order valence-electron chi connectivity index (χ2n) is 7.00. The first-order chi connectivity index (χ1) is 14.8. The van der Waals surface area contributed by atoms with Crippen LogP contribution in [-0.2, 0) is 23.9 Å². The van der Waals surface area contributed by atoms with Gasteiger partial charge >= 0.3 is 6.18 Å². The van der Waals surface area contributed by atoms with Crippen LogP contribution < -0.4 is 10.6 Å². The van der Waals surface area contributed by atoms with Crippen molar-refractivity contribution in [3.63, 3.8) is 0 Å². The fraction of sp³-hybridized carbons (Fsp3) is 0.167. The first-order valence-electron chi connectivity index (χ1n) is 9.66. The topological polar surface area (TPSA) is 58.2 Å². The molecule has 0 saturated carbocycles.